The SMILES string of the molecule is COc1cc(CC(=O)N(CCOc2ccc(C(=O)O)cc2)C2CCCCC2)ccc1NC(=O)Nc1ccccc1C. The summed E-state index contributed by atoms with van der Waals surface area (Å²) >= 11 is 0. The van der Waals surface area contributed by atoms with Gasteiger partial charge in [-0.15, -0.1) is 0 Å². The van der Waals surface area contributed by atoms with Crippen LogP contribution in [0.15, 0.2) is 66.7 Å². The van der Waals surface area contributed by atoms with Gasteiger partial charge < -0.3 is 30.1 Å². The van der Waals surface area contributed by atoms with E-state index in [-0.39, 0.29) is 30.0 Å². The van der Waals surface area contributed by atoms with Gasteiger partial charge in [-0.1, -0.05) is 43.5 Å². The van der Waals surface area contributed by atoms with E-state index in [1.54, 1.807) is 24.3 Å². The maximum Gasteiger partial charge on any atom is 0.335 e. The number of nitrogens with zero attached hydrogens (tertiary/aromatic N) is 1. The Kier molecular flexibility index (Phi) is 10.2. The van der Waals surface area contributed by atoms with Crippen LogP contribution in [0.3, 0.4) is 0 Å². The van der Waals surface area contributed by atoms with Crippen LogP contribution in [-0.2, 0) is 11.2 Å². The first-order chi connectivity index (χ1) is 19.8. The Balaban J connectivity index is 1.39. The second-order valence-electron chi connectivity index (χ2n) is 10.2. The van der Waals surface area contributed by atoms with E-state index >= 15 is 0 Å². The molecule has 0 bridgehead atoms. The number of aryl methyl sites for hydroxylation is 1. The molecule has 0 spiro atoms. The third kappa shape index (κ3) is 8.23. The van der Waals surface area contributed by atoms with E-state index in [2.05, 4.69) is 10.6 Å². The molecule has 4 rings (SSSR count). The van der Waals surface area contributed by atoms with Crippen LogP contribution in [0.1, 0.15) is 53.6 Å². The molecule has 0 heterocycles. The Bertz CT molecular complexity index is 1350. The zero-order valence-electron chi connectivity index (χ0n) is 23.5. The largest absolute Gasteiger partial charge is 0.495 e. The minimum absolute atomic E-state index is 0.00165. The van der Waals surface area contributed by atoms with E-state index in [1.165, 1.54) is 25.7 Å². The van der Waals surface area contributed by atoms with Crippen LogP contribution < -0.4 is 20.1 Å². The van der Waals surface area contributed by atoms with Gasteiger partial charge in [-0.05, 0) is 73.4 Å². The second-order valence-corrected chi connectivity index (χ2v) is 10.2. The summed E-state index contributed by atoms with van der Waals surface area (Å²) in [6.45, 7) is 2.65. The summed E-state index contributed by atoms with van der Waals surface area (Å²) in [5.74, 6) is 0.0382. The summed E-state index contributed by atoms with van der Waals surface area (Å²) in [7, 11) is 1.53. The summed E-state index contributed by atoms with van der Waals surface area (Å²) in [5.41, 5.74) is 3.14. The number of carboxylic acid groups (broad SMARTS) is 1. The van der Waals surface area contributed by atoms with Crippen LogP contribution >= 0.6 is 0 Å². The fourth-order valence-corrected chi connectivity index (χ4v) is 5.07. The fraction of sp³-hybridized carbons (Fsp3) is 0.344. The number of benzene rings is 3. The van der Waals surface area contributed by atoms with Crippen LogP contribution in [0, 0.1) is 6.92 Å². The molecule has 0 atom stereocenters. The monoisotopic (exact) mass is 559 g/mol. The van der Waals surface area contributed by atoms with Crippen molar-refractivity contribution in [2.24, 2.45) is 0 Å². The lowest BCUT2D eigenvalue weighted by molar-refractivity contribution is -0.133. The van der Waals surface area contributed by atoms with Crippen molar-refractivity contribution in [2.45, 2.75) is 51.5 Å². The molecule has 1 fully saturated rings. The quantitative estimate of drug-likeness (QED) is 0.260. The molecule has 1 saturated carbocycles. The summed E-state index contributed by atoms with van der Waals surface area (Å²) in [4.78, 5) is 39.2. The first-order valence-corrected chi connectivity index (χ1v) is 13.9. The summed E-state index contributed by atoms with van der Waals surface area (Å²) < 4.78 is 11.4. The second kappa shape index (κ2) is 14.2. The predicted octanol–water partition coefficient (Wildman–Crippen LogP) is 6.13. The minimum Gasteiger partial charge on any atom is -0.495 e. The zero-order valence-corrected chi connectivity index (χ0v) is 23.5. The normalized spacial score (nSPS) is 13.2. The van der Waals surface area contributed by atoms with Crippen molar-refractivity contribution in [3.63, 3.8) is 0 Å². The number of carbonyl (C=O) groups excluding carboxylic acids is 2. The van der Waals surface area contributed by atoms with E-state index in [0.29, 0.717) is 30.3 Å². The molecule has 0 saturated heterocycles. The number of nitrogens with one attached hydrogen (secondary N) is 2. The highest BCUT2D eigenvalue weighted by Crippen LogP contribution is 2.28. The summed E-state index contributed by atoms with van der Waals surface area (Å²) in [6.07, 6.45) is 5.46. The van der Waals surface area contributed by atoms with Crippen LogP contribution in [0.25, 0.3) is 0 Å². The lowest BCUT2D eigenvalue weighted by atomic mass is 9.93. The highest BCUT2D eigenvalue weighted by atomic mass is 16.5. The van der Waals surface area contributed by atoms with Crippen molar-refractivity contribution >= 4 is 29.3 Å². The van der Waals surface area contributed by atoms with Gasteiger partial charge in [-0.3, -0.25) is 4.79 Å². The van der Waals surface area contributed by atoms with Gasteiger partial charge in [-0.25, -0.2) is 9.59 Å². The molecule has 9 heteroatoms. The molecule has 0 aromatic heterocycles. The molecule has 0 unspecified atom stereocenters. The lowest BCUT2D eigenvalue weighted by Crippen LogP contribution is -2.44. The van der Waals surface area contributed by atoms with Crippen LogP contribution in [0.2, 0.25) is 0 Å². The zero-order chi connectivity index (χ0) is 29.2. The average Bonchev–Trinajstić information content (AvgIpc) is 2.98. The molecule has 9 nitrogen and oxygen atoms in total. The number of aromatic carboxylic acids is 1. The van der Waals surface area contributed by atoms with E-state index in [9.17, 15) is 14.4 Å². The molecule has 1 aliphatic rings. The minimum atomic E-state index is -0.989. The highest BCUT2D eigenvalue weighted by Gasteiger charge is 2.26. The number of para-hydroxylation sites is 1. The summed E-state index contributed by atoms with van der Waals surface area (Å²) in [5, 5.41) is 14.8. The third-order valence-electron chi connectivity index (χ3n) is 7.30. The Hall–Kier alpha value is -4.53. The first kappa shape index (κ1) is 29.5. The number of hydrogen-bond donors (Lipinski definition) is 3. The van der Waals surface area contributed by atoms with Crippen molar-refractivity contribution in [1.82, 2.24) is 4.90 Å². The van der Waals surface area contributed by atoms with Crippen LogP contribution in [0.5, 0.6) is 11.5 Å². The molecular weight excluding hydrogens is 522 g/mol. The van der Waals surface area contributed by atoms with Crippen LogP contribution in [0.4, 0.5) is 16.2 Å². The molecule has 3 aromatic carbocycles. The number of carbonyl (C=O) groups is 3. The maximum absolute atomic E-state index is 13.6. The van der Waals surface area contributed by atoms with Gasteiger partial charge in [0.15, 0.2) is 0 Å². The van der Waals surface area contributed by atoms with Crippen molar-refractivity contribution in [3.05, 3.63) is 83.4 Å². The molecule has 1 aliphatic carbocycles. The standard InChI is InChI=1S/C32H37N3O6/c1-22-8-6-7-11-27(22)33-32(39)34-28-17-12-23(20-29(28)40-2)21-30(36)35(25-9-4-3-5-10-25)18-19-41-26-15-13-24(14-16-26)31(37)38/h6-8,11-17,20,25H,3-5,9-10,18-19,21H2,1-2H3,(H,37,38)(H2,33,34,39). The lowest BCUT2D eigenvalue weighted by Gasteiger charge is -2.34. The van der Waals surface area contributed by atoms with Gasteiger partial charge in [0.1, 0.15) is 18.1 Å². The molecule has 3 N–H and O–H groups in total. The first-order valence-electron chi connectivity index (χ1n) is 13.9. The van der Waals surface area contributed by atoms with E-state index in [4.69, 9.17) is 14.6 Å². The van der Waals surface area contributed by atoms with Gasteiger partial charge in [0.25, 0.3) is 0 Å². The topological polar surface area (TPSA) is 117 Å². The van der Waals surface area contributed by atoms with Crippen LogP contribution in [-0.4, -0.2) is 54.2 Å². The molecule has 216 valence electrons. The van der Waals surface area contributed by atoms with Gasteiger partial charge in [0, 0.05) is 11.7 Å². The number of urea groups is 1. The number of ether oxygens (including phenoxy) is 2. The van der Waals surface area contributed by atoms with Crippen molar-refractivity contribution in [3.8, 4) is 11.5 Å². The van der Waals surface area contributed by atoms with Crippen molar-refractivity contribution in [1.29, 1.82) is 0 Å². The van der Waals surface area contributed by atoms with Gasteiger partial charge >= 0.3 is 12.0 Å². The van der Waals surface area contributed by atoms with Gasteiger partial charge in [-0.2, -0.15) is 0 Å². The molecule has 3 amide bonds. The van der Waals surface area contributed by atoms with Crippen molar-refractivity contribution < 1.29 is 29.0 Å². The maximum atomic E-state index is 13.6. The molecular formula is C32H37N3O6. The molecule has 3 aromatic rings. The Morgan fingerprint density at radius 3 is 2.32 bits per heavy atom. The Labute approximate surface area is 240 Å². The molecule has 0 aliphatic heterocycles. The third-order valence-corrected chi connectivity index (χ3v) is 7.30. The molecule has 41 heavy (non-hydrogen) atoms. The van der Waals surface area contributed by atoms with Gasteiger partial charge in [0.2, 0.25) is 5.91 Å². The molecule has 0 radical (unpaired) electrons. The number of methoxy groups -OCH3 is 1. The number of amides is 3. The predicted molar refractivity (Wildman–Crippen MR) is 158 cm³/mol. The number of rotatable bonds is 11. The van der Waals surface area contributed by atoms with Crippen molar-refractivity contribution in [2.75, 3.05) is 30.9 Å². The average molecular weight is 560 g/mol. The van der Waals surface area contributed by atoms with E-state index < -0.39 is 5.97 Å². The van der Waals surface area contributed by atoms with E-state index in [0.717, 1.165) is 42.5 Å². The highest BCUT2D eigenvalue weighted by molar-refractivity contribution is 6.01. The Morgan fingerprint density at radius 1 is 0.927 bits per heavy atom. The van der Waals surface area contributed by atoms with E-state index in [1.807, 2.05) is 42.2 Å². The van der Waals surface area contributed by atoms with Gasteiger partial charge in [0.05, 0.1) is 31.3 Å². The number of carboxylic acids is 1. The summed E-state index contributed by atoms with van der Waals surface area (Å²) in [6, 6.07) is 18.9. The number of hydrogen-bond acceptors (Lipinski definition) is 5. The number of anilines is 2. The smallest absolute Gasteiger partial charge is 0.335 e. The fourth-order valence-electron chi connectivity index (χ4n) is 5.07. The Morgan fingerprint density at radius 2 is 1.63 bits per heavy atom.